The van der Waals surface area contributed by atoms with Gasteiger partial charge in [0.25, 0.3) is 0 Å². The SMILES string of the molecule is C[Si](C)(C)C#Cc1cc(OC(F)(F)F)cnc1N. The van der Waals surface area contributed by atoms with Crippen molar-refractivity contribution in [2.45, 2.75) is 26.0 Å². The van der Waals surface area contributed by atoms with E-state index in [1.54, 1.807) is 0 Å². The second-order valence-electron chi connectivity index (χ2n) is 4.65. The van der Waals surface area contributed by atoms with Crippen molar-refractivity contribution in [1.29, 1.82) is 0 Å². The average Bonchev–Trinajstić information content (AvgIpc) is 2.15. The van der Waals surface area contributed by atoms with Crippen LogP contribution in [0.4, 0.5) is 19.0 Å². The fourth-order valence-corrected chi connectivity index (χ4v) is 1.51. The van der Waals surface area contributed by atoms with Crippen LogP contribution in [-0.4, -0.2) is 19.4 Å². The number of nitrogens with two attached hydrogens (primary N) is 1. The lowest BCUT2D eigenvalue weighted by Gasteiger charge is -2.09. The topological polar surface area (TPSA) is 48.1 Å². The number of hydrogen-bond donors (Lipinski definition) is 1. The molecule has 3 nitrogen and oxygen atoms in total. The van der Waals surface area contributed by atoms with E-state index < -0.39 is 20.2 Å². The third kappa shape index (κ3) is 5.10. The van der Waals surface area contributed by atoms with Crippen LogP contribution in [0.25, 0.3) is 0 Å². The van der Waals surface area contributed by atoms with E-state index in [0.717, 1.165) is 12.3 Å². The summed E-state index contributed by atoms with van der Waals surface area (Å²) >= 11 is 0. The van der Waals surface area contributed by atoms with Crippen LogP contribution in [0.5, 0.6) is 5.75 Å². The number of anilines is 1. The molecule has 0 radical (unpaired) electrons. The number of nitrogen functional groups attached to an aromatic ring is 1. The quantitative estimate of drug-likeness (QED) is 0.633. The molecule has 0 saturated carbocycles. The molecule has 0 bridgehead atoms. The molecular weight excluding hydrogens is 261 g/mol. The molecule has 7 heteroatoms. The number of aromatic nitrogens is 1. The van der Waals surface area contributed by atoms with Crippen LogP contribution in [0.1, 0.15) is 5.56 Å². The van der Waals surface area contributed by atoms with Gasteiger partial charge in [-0.3, -0.25) is 0 Å². The lowest BCUT2D eigenvalue weighted by atomic mass is 10.2. The zero-order valence-corrected chi connectivity index (χ0v) is 11.2. The Kier molecular flexibility index (Phi) is 3.91. The van der Waals surface area contributed by atoms with E-state index in [4.69, 9.17) is 5.73 Å². The van der Waals surface area contributed by atoms with E-state index in [9.17, 15) is 13.2 Å². The smallest absolute Gasteiger partial charge is 0.404 e. The molecule has 0 spiro atoms. The van der Waals surface area contributed by atoms with E-state index in [-0.39, 0.29) is 11.4 Å². The summed E-state index contributed by atoms with van der Waals surface area (Å²) in [6.07, 6.45) is -3.83. The zero-order chi connectivity index (χ0) is 14.0. The summed E-state index contributed by atoms with van der Waals surface area (Å²) in [7, 11) is -1.63. The van der Waals surface area contributed by atoms with Crippen molar-refractivity contribution in [1.82, 2.24) is 4.98 Å². The Hall–Kier alpha value is -1.68. The average molecular weight is 274 g/mol. The Morgan fingerprint density at radius 3 is 2.44 bits per heavy atom. The molecule has 1 rings (SSSR count). The lowest BCUT2D eigenvalue weighted by Crippen LogP contribution is -2.18. The van der Waals surface area contributed by atoms with Gasteiger partial charge in [0.05, 0.1) is 11.8 Å². The number of nitrogens with zero attached hydrogens (tertiary/aromatic N) is 1. The summed E-state index contributed by atoms with van der Waals surface area (Å²) in [5.41, 5.74) is 8.80. The summed E-state index contributed by atoms with van der Waals surface area (Å²) in [6, 6.07) is 1.14. The number of rotatable bonds is 1. The largest absolute Gasteiger partial charge is 0.573 e. The van der Waals surface area contributed by atoms with Crippen LogP contribution in [-0.2, 0) is 0 Å². The molecule has 2 N–H and O–H groups in total. The molecule has 0 saturated heterocycles. The summed E-state index contributed by atoms with van der Waals surface area (Å²) in [4.78, 5) is 3.63. The van der Waals surface area contributed by atoms with Gasteiger partial charge in [0, 0.05) is 6.07 Å². The van der Waals surface area contributed by atoms with E-state index in [2.05, 4.69) is 21.2 Å². The fourth-order valence-electron chi connectivity index (χ4n) is 1.00. The highest BCUT2D eigenvalue weighted by Crippen LogP contribution is 2.24. The summed E-state index contributed by atoms with van der Waals surface area (Å²) in [5.74, 6) is 2.43. The van der Waals surface area contributed by atoms with E-state index in [1.807, 2.05) is 19.6 Å². The van der Waals surface area contributed by atoms with Crippen LogP contribution in [0.2, 0.25) is 19.6 Å². The molecule has 0 aliphatic rings. The van der Waals surface area contributed by atoms with Crippen molar-refractivity contribution in [3.05, 3.63) is 17.8 Å². The molecule has 0 fully saturated rings. The van der Waals surface area contributed by atoms with E-state index >= 15 is 0 Å². The summed E-state index contributed by atoms with van der Waals surface area (Å²) < 4.78 is 39.9. The van der Waals surface area contributed by atoms with Gasteiger partial charge in [-0.2, -0.15) is 0 Å². The first-order chi connectivity index (χ1) is 8.07. The van der Waals surface area contributed by atoms with Crippen molar-refractivity contribution >= 4 is 13.9 Å². The van der Waals surface area contributed by atoms with Gasteiger partial charge in [-0.15, -0.1) is 18.7 Å². The third-order valence-corrected chi connectivity index (χ3v) is 2.57. The predicted molar refractivity (Wildman–Crippen MR) is 65.6 cm³/mol. The van der Waals surface area contributed by atoms with Gasteiger partial charge in [0.2, 0.25) is 0 Å². The molecule has 0 atom stereocenters. The van der Waals surface area contributed by atoms with Gasteiger partial charge in [-0.1, -0.05) is 25.6 Å². The molecular formula is C11H13F3N2OSi. The minimum absolute atomic E-state index is 0.0928. The standard InChI is InChI=1S/C11H13F3N2OSi/c1-18(2,3)5-4-8-6-9(7-16-10(8)15)17-11(12,13)14/h6-7H,1-3H3,(H2,15,16). The highest BCUT2D eigenvalue weighted by atomic mass is 28.3. The van der Waals surface area contributed by atoms with Crippen LogP contribution in [0, 0.1) is 11.5 Å². The van der Waals surface area contributed by atoms with Crippen molar-refractivity contribution in [2.75, 3.05) is 5.73 Å². The Balaban J connectivity index is 3.05. The molecule has 1 heterocycles. The number of halogens is 3. The van der Waals surface area contributed by atoms with Crippen LogP contribution in [0.3, 0.4) is 0 Å². The minimum Gasteiger partial charge on any atom is -0.404 e. The number of ether oxygens (including phenoxy) is 1. The van der Waals surface area contributed by atoms with Crippen LogP contribution >= 0.6 is 0 Å². The second kappa shape index (κ2) is 4.90. The first-order valence-corrected chi connectivity index (χ1v) is 8.61. The predicted octanol–water partition coefficient (Wildman–Crippen LogP) is 2.79. The Bertz CT molecular complexity index is 498. The zero-order valence-electron chi connectivity index (χ0n) is 10.2. The highest BCUT2D eigenvalue weighted by molar-refractivity contribution is 6.83. The lowest BCUT2D eigenvalue weighted by molar-refractivity contribution is -0.274. The van der Waals surface area contributed by atoms with Gasteiger partial charge < -0.3 is 10.5 Å². The molecule has 18 heavy (non-hydrogen) atoms. The molecule has 1 aromatic rings. The normalized spacial score (nSPS) is 11.7. The van der Waals surface area contributed by atoms with Crippen molar-refractivity contribution in [3.8, 4) is 17.2 Å². The van der Waals surface area contributed by atoms with Gasteiger partial charge in [-0.25, -0.2) is 4.98 Å². The maximum atomic E-state index is 12.0. The first kappa shape index (κ1) is 14.4. The van der Waals surface area contributed by atoms with Crippen molar-refractivity contribution < 1.29 is 17.9 Å². The van der Waals surface area contributed by atoms with Gasteiger partial charge in [0.1, 0.15) is 19.6 Å². The first-order valence-electron chi connectivity index (χ1n) is 5.11. The fraction of sp³-hybridized carbons (Fsp3) is 0.364. The van der Waals surface area contributed by atoms with Crippen molar-refractivity contribution in [3.63, 3.8) is 0 Å². The van der Waals surface area contributed by atoms with E-state index in [1.165, 1.54) is 0 Å². The molecule has 0 unspecified atom stereocenters. The van der Waals surface area contributed by atoms with Crippen molar-refractivity contribution in [2.24, 2.45) is 0 Å². The summed E-state index contributed by atoms with van der Waals surface area (Å²) in [5, 5.41) is 0. The maximum absolute atomic E-state index is 12.0. The van der Waals surface area contributed by atoms with Gasteiger partial charge >= 0.3 is 6.36 Å². The van der Waals surface area contributed by atoms with Gasteiger partial charge in [0.15, 0.2) is 0 Å². The van der Waals surface area contributed by atoms with Crippen LogP contribution < -0.4 is 10.5 Å². The van der Waals surface area contributed by atoms with Gasteiger partial charge in [-0.05, 0) is 0 Å². The Morgan fingerprint density at radius 2 is 1.94 bits per heavy atom. The highest BCUT2D eigenvalue weighted by Gasteiger charge is 2.31. The van der Waals surface area contributed by atoms with Crippen LogP contribution in [0.15, 0.2) is 12.3 Å². The molecule has 0 aliphatic carbocycles. The summed E-state index contributed by atoms with van der Waals surface area (Å²) in [6.45, 7) is 6.04. The van der Waals surface area contributed by atoms with E-state index in [0.29, 0.717) is 0 Å². The third-order valence-electron chi connectivity index (χ3n) is 1.70. The number of pyridine rings is 1. The Labute approximate surface area is 104 Å². The maximum Gasteiger partial charge on any atom is 0.573 e. The molecule has 1 aromatic heterocycles. The molecule has 0 aliphatic heterocycles. The molecule has 0 amide bonds. The molecule has 0 aromatic carbocycles. The minimum atomic E-state index is -4.75. The second-order valence-corrected chi connectivity index (χ2v) is 9.40. The Morgan fingerprint density at radius 1 is 1.33 bits per heavy atom. The number of alkyl halides is 3. The molecule has 98 valence electrons. The number of hydrogen-bond acceptors (Lipinski definition) is 3. The monoisotopic (exact) mass is 274 g/mol.